The third-order valence-corrected chi connectivity index (χ3v) is 3.90. The maximum Gasteiger partial charge on any atom is 0.246 e. The number of benzene rings is 2. The van der Waals surface area contributed by atoms with E-state index in [9.17, 15) is 9.59 Å². The third kappa shape index (κ3) is 3.01. The summed E-state index contributed by atoms with van der Waals surface area (Å²) in [5, 5.41) is 5.57. The van der Waals surface area contributed by atoms with Gasteiger partial charge in [0.1, 0.15) is 6.04 Å². The van der Waals surface area contributed by atoms with Gasteiger partial charge in [-0.3, -0.25) is 9.59 Å². The Bertz CT molecular complexity index is 710. The molecule has 1 atom stereocenters. The van der Waals surface area contributed by atoms with E-state index in [0.29, 0.717) is 12.8 Å². The van der Waals surface area contributed by atoms with Gasteiger partial charge in [-0.2, -0.15) is 0 Å². The zero-order valence-corrected chi connectivity index (χ0v) is 12.4. The third-order valence-electron chi connectivity index (χ3n) is 3.90. The molecule has 0 radical (unpaired) electrons. The molecule has 0 bridgehead atoms. The van der Waals surface area contributed by atoms with Crippen molar-refractivity contribution in [3.8, 4) is 11.1 Å². The fourth-order valence-corrected chi connectivity index (χ4v) is 2.67. The van der Waals surface area contributed by atoms with Gasteiger partial charge in [-0.1, -0.05) is 36.4 Å². The van der Waals surface area contributed by atoms with Crippen LogP contribution in [0.2, 0.25) is 0 Å². The van der Waals surface area contributed by atoms with E-state index >= 15 is 0 Å². The average molecular weight is 294 g/mol. The van der Waals surface area contributed by atoms with Gasteiger partial charge in [0.05, 0.1) is 0 Å². The molecule has 2 amide bonds. The minimum atomic E-state index is -0.422. The standard InChI is InChI=1S/C18H18N2O2/c1-12-7-8-14(11-15(12)13-5-3-2-4-6-13)19-18(22)16-9-10-17(21)20-16/h2-8,11,16H,9-10H2,1H3,(H,19,22)(H,20,21). The molecule has 22 heavy (non-hydrogen) atoms. The molecule has 1 heterocycles. The summed E-state index contributed by atoms with van der Waals surface area (Å²) in [6, 6.07) is 15.5. The minimum Gasteiger partial charge on any atom is -0.344 e. The topological polar surface area (TPSA) is 58.2 Å². The molecule has 3 rings (SSSR count). The van der Waals surface area contributed by atoms with Crippen LogP contribution in [0.25, 0.3) is 11.1 Å². The maximum atomic E-state index is 12.2. The second-order valence-electron chi connectivity index (χ2n) is 5.54. The first-order chi connectivity index (χ1) is 10.6. The summed E-state index contributed by atoms with van der Waals surface area (Å²) in [5.41, 5.74) is 4.10. The summed E-state index contributed by atoms with van der Waals surface area (Å²) in [6.07, 6.45) is 0.976. The van der Waals surface area contributed by atoms with Crippen molar-refractivity contribution in [2.24, 2.45) is 0 Å². The van der Waals surface area contributed by atoms with E-state index in [1.165, 1.54) is 0 Å². The van der Waals surface area contributed by atoms with Gasteiger partial charge in [0, 0.05) is 12.1 Å². The van der Waals surface area contributed by atoms with Crippen LogP contribution in [-0.2, 0) is 9.59 Å². The lowest BCUT2D eigenvalue weighted by Gasteiger charge is -2.13. The van der Waals surface area contributed by atoms with Crippen molar-refractivity contribution in [2.75, 3.05) is 5.32 Å². The number of hydrogen-bond donors (Lipinski definition) is 2. The van der Waals surface area contributed by atoms with Gasteiger partial charge in [-0.05, 0) is 42.2 Å². The molecule has 1 fully saturated rings. The van der Waals surface area contributed by atoms with Crippen molar-refractivity contribution < 1.29 is 9.59 Å². The summed E-state index contributed by atoms with van der Waals surface area (Å²) in [4.78, 5) is 23.4. The average Bonchev–Trinajstić information content (AvgIpc) is 2.97. The summed E-state index contributed by atoms with van der Waals surface area (Å²) < 4.78 is 0. The molecule has 1 unspecified atom stereocenters. The Morgan fingerprint density at radius 1 is 1.18 bits per heavy atom. The predicted octanol–water partition coefficient (Wildman–Crippen LogP) is 2.88. The van der Waals surface area contributed by atoms with E-state index in [0.717, 1.165) is 22.4 Å². The Kier molecular flexibility index (Phi) is 3.92. The minimum absolute atomic E-state index is 0.0611. The Labute approximate surface area is 129 Å². The quantitative estimate of drug-likeness (QED) is 0.914. The molecule has 2 aromatic carbocycles. The van der Waals surface area contributed by atoms with Gasteiger partial charge in [0.15, 0.2) is 0 Å². The normalized spacial score (nSPS) is 17.1. The van der Waals surface area contributed by atoms with Crippen LogP contribution in [0.4, 0.5) is 5.69 Å². The van der Waals surface area contributed by atoms with E-state index in [1.54, 1.807) is 0 Å². The Balaban J connectivity index is 1.80. The van der Waals surface area contributed by atoms with Crippen LogP contribution < -0.4 is 10.6 Å². The highest BCUT2D eigenvalue weighted by atomic mass is 16.2. The van der Waals surface area contributed by atoms with Crippen molar-refractivity contribution >= 4 is 17.5 Å². The fourth-order valence-electron chi connectivity index (χ4n) is 2.67. The van der Waals surface area contributed by atoms with Gasteiger partial charge in [-0.25, -0.2) is 0 Å². The molecule has 0 spiro atoms. The second kappa shape index (κ2) is 6.02. The van der Waals surface area contributed by atoms with Gasteiger partial charge in [-0.15, -0.1) is 0 Å². The van der Waals surface area contributed by atoms with Crippen LogP contribution in [0.3, 0.4) is 0 Å². The number of hydrogen-bond acceptors (Lipinski definition) is 2. The van der Waals surface area contributed by atoms with Crippen molar-refractivity contribution in [3.63, 3.8) is 0 Å². The first-order valence-electron chi connectivity index (χ1n) is 7.40. The molecule has 1 saturated heterocycles. The van der Waals surface area contributed by atoms with Crippen LogP contribution in [-0.4, -0.2) is 17.9 Å². The molecular weight excluding hydrogens is 276 g/mol. The summed E-state index contributed by atoms with van der Waals surface area (Å²) in [7, 11) is 0. The molecular formula is C18H18N2O2. The highest BCUT2D eigenvalue weighted by Crippen LogP contribution is 2.26. The van der Waals surface area contributed by atoms with E-state index in [2.05, 4.69) is 10.6 Å². The number of carbonyl (C=O) groups excluding carboxylic acids is 2. The van der Waals surface area contributed by atoms with Gasteiger partial charge in [0.25, 0.3) is 0 Å². The highest BCUT2D eigenvalue weighted by molar-refractivity contribution is 5.99. The van der Waals surface area contributed by atoms with E-state index in [4.69, 9.17) is 0 Å². The Morgan fingerprint density at radius 2 is 1.95 bits per heavy atom. The monoisotopic (exact) mass is 294 g/mol. The molecule has 2 aromatic rings. The van der Waals surface area contributed by atoms with E-state index in [-0.39, 0.29) is 11.8 Å². The number of carbonyl (C=O) groups is 2. The summed E-state index contributed by atoms with van der Waals surface area (Å²) >= 11 is 0. The fraction of sp³-hybridized carbons (Fsp3) is 0.222. The second-order valence-corrected chi connectivity index (χ2v) is 5.54. The molecule has 4 heteroatoms. The summed E-state index contributed by atoms with van der Waals surface area (Å²) in [6.45, 7) is 2.05. The van der Waals surface area contributed by atoms with Gasteiger partial charge in [0.2, 0.25) is 11.8 Å². The maximum absolute atomic E-state index is 12.2. The molecule has 1 aliphatic rings. The molecule has 0 saturated carbocycles. The number of amides is 2. The number of rotatable bonds is 3. The van der Waals surface area contributed by atoms with Crippen LogP contribution in [0.15, 0.2) is 48.5 Å². The van der Waals surface area contributed by atoms with Crippen LogP contribution in [0.1, 0.15) is 18.4 Å². The van der Waals surface area contributed by atoms with Crippen molar-refractivity contribution in [3.05, 3.63) is 54.1 Å². The molecule has 112 valence electrons. The molecule has 4 nitrogen and oxygen atoms in total. The largest absolute Gasteiger partial charge is 0.344 e. The lowest BCUT2D eigenvalue weighted by Crippen LogP contribution is -2.37. The Morgan fingerprint density at radius 3 is 2.64 bits per heavy atom. The number of nitrogens with one attached hydrogen (secondary N) is 2. The van der Waals surface area contributed by atoms with E-state index in [1.807, 2.05) is 55.5 Å². The van der Waals surface area contributed by atoms with Crippen LogP contribution in [0, 0.1) is 6.92 Å². The van der Waals surface area contributed by atoms with E-state index < -0.39 is 6.04 Å². The van der Waals surface area contributed by atoms with Crippen LogP contribution in [0.5, 0.6) is 0 Å². The molecule has 0 aromatic heterocycles. The van der Waals surface area contributed by atoms with Gasteiger partial charge < -0.3 is 10.6 Å². The van der Waals surface area contributed by atoms with Crippen molar-refractivity contribution in [2.45, 2.75) is 25.8 Å². The lowest BCUT2D eigenvalue weighted by atomic mass is 10.00. The zero-order valence-electron chi connectivity index (χ0n) is 12.4. The number of anilines is 1. The SMILES string of the molecule is Cc1ccc(NC(=O)C2CCC(=O)N2)cc1-c1ccccc1. The first kappa shape index (κ1) is 14.3. The summed E-state index contributed by atoms with van der Waals surface area (Å²) in [5.74, 6) is -0.220. The predicted molar refractivity (Wildman–Crippen MR) is 86.4 cm³/mol. The molecule has 1 aliphatic heterocycles. The van der Waals surface area contributed by atoms with Crippen molar-refractivity contribution in [1.82, 2.24) is 5.32 Å². The Hall–Kier alpha value is -2.62. The lowest BCUT2D eigenvalue weighted by molar-refractivity contribution is -0.122. The zero-order chi connectivity index (χ0) is 15.5. The number of aryl methyl sites for hydroxylation is 1. The molecule has 2 N–H and O–H groups in total. The van der Waals surface area contributed by atoms with Gasteiger partial charge >= 0.3 is 0 Å². The van der Waals surface area contributed by atoms with Crippen molar-refractivity contribution in [1.29, 1.82) is 0 Å². The van der Waals surface area contributed by atoms with Crippen LogP contribution >= 0.6 is 0 Å². The smallest absolute Gasteiger partial charge is 0.246 e. The first-order valence-corrected chi connectivity index (χ1v) is 7.40. The molecule has 0 aliphatic carbocycles. The highest BCUT2D eigenvalue weighted by Gasteiger charge is 2.27.